The molecule has 1 aromatic carbocycles. The van der Waals surface area contributed by atoms with Crippen molar-refractivity contribution in [2.75, 3.05) is 44.6 Å². The summed E-state index contributed by atoms with van der Waals surface area (Å²) in [6, 6.07) is 12.0. The van der Waals surface area contributed by atoms with E-state index in [1.54, 1.807) is 12.3 Å². The van der Waals surface area contributed by atoms with Gasteiger partial charge in [-0.25, -0.2) is 4.98 Å². The first-order valence-corrected chi connectivity index (χ1v) is 10.0. The third kappa shape index (κ3) is 4.02. The number of fused-ring (bicyclic) bond motifs is 1. The topological polar surface area (TPSA) is 64.3 Å². The number of nitrogens with zero attached hydrogens (tertiary/aromatic N) is 3. The number of nitrogens with one attached hydrogen (secondary N) is 2. The first kappa shape index (κ1) is 18.5. The largest absolute Gasteiger partial charge is 0.370 e. The molecule has 28 heavy (non-hydrogen) atoms. The van der Waals surface area contributed by atoms with Crippen molar-refractivity contribution in [1.82, 2.24) is 19.8 Å². The van der Waals surface area contributed by atoms with E-state index in [1.165, 1.54) is 10.9 Å². The Hall–Kier alpha value is -2.86. The van der Waals surface area contributed by atoms with Gasteiger partial charge in [-0.1, -0.05) is 25.1 Å². The molecule has 1 saturated heterocycles. The SMILES string of the molecule is CCN1CCN(C(=O)c2ccnc(NCCc3c[nH]c4ccccc34)c2)CC1. The lowest BCUT2D eigenvalue weighted by Gasteiger charge is -2.34. The Balaban J connectivity index is 1.35. The molecule has 6 nitrogen and oxygen atoms in total. The summed E-state index contributed by atoms with van der Waals surface area (Å²) in [6.45, 7) is 7.45. The zero-order valence-corrected chi connectivity index (χ0v) is 16.3. The van der Waals surface area contributed by atoms with Crippen LogP contribution in [0.5, 0.6) is 0 Å². The van der Waals surface area contributed by atoms with Gasteiger partial charge in [-0.2, -0.15) is 0 Å². The van der Waals surface area contributed by atoms with Crippen LogP contribution < -0.4 is 5.32 Å². The summed E-state index contributed by atoms with van der Waals surface area (Å²) in [4.78, 5) is 24.8. The number of benzene rings is 1. The standard InChI is InChI=1S/C22H27N5O/c1-2-26-11-13-27(14-12-26)22(28)17-7-9-23-21(15-17)24-10-8-18-16-25-20-6-4-3-5-19(18)20/h3-7,9,15-16,25H,2,8,10-14H2,1H3,(H,23,24). The van der Waals surface area contributed by atoms with E-state index in [-0.39, 0.29) is 5.91 Å². The monoisotopic (exact) mass is 377 g/mol. The summed E-state index contributed by atoms with van der Waals surface area (Å²) < 4.78 is 0. The van der Waals surface area contributed by atoms with Gasteiger partial charge in [0.05, 0.1) is 0 Å². The van der Waals surface area contributed by atoms with Crippen molar-refractivity contribution in [2.45, 2.75) is 13.3 Å². The van der Waals surface area contributed by atoms with E-state index >= 15 is 0 Å². The van der Waals surface area contributed by atoms with Crippen LogP contribution in [0.2, 0.25) is 0 Å². The molecule has 1 amide bonds. The Kier molecular flexibility index (Phi) is 5.58. The van der Waals surface area contributed by atoms with Gasteiger partial charge in [-0.05, 0) is 36.7 Å². The summed E-state index contributed by atoms with van der Waals surface area (Å²) in [5, 5.41) is 4.61. The predicted molar refractivity (Wildman–Crippen MR) is 113 cm³/mol. The molecule has 0 spiro atoms. The zero-order chi connectivity index (χ0) is 19.3. The lowest BCUT2D eigenvalue weighted by molar-refractivity contribution is 0.0643. The number of likely N-dealkylation sites (N-methyl/N-ethyl adjacent to an activating group) is 1. The fourth-order valence-corrected chi connectivity index (χ4v) is 3.77. The number of carbonyl (C=O) groups is 1. The minimum absolute atomic E-state index is 0.0952. The Bertz CT molecular complexity index is 943. The summed E-state index contributed by atoms with van der Waals surface area (Å²) in [6.07, 6.45) is 4.67. The molecule has 2 aromatic heterocycles. The van der Waals surface area contributed by atoms with Crippen LogP contribution in [0, 0.1) is 0 Å². The quantitative estimate of drug-likeness (QED) is 0.693. The minimum Gasteiger partial charge on any atom is -0.370 e. The lowest BCUT2D eigenvalue weighted by Crippen LogP contribution is -2.48. The molecule has 0 atom stereocenters. The van der Waals surface area contributed by atoms with E-state index in [0.717, 1.165) is 57.0 Å². The van der Waals surface area contributed by atoms with Crippen LogP contribution >= 0.6 is 0 Å². The molecule has 2 N–H and O–H groups in total. The van der Waals surface area contributed by atoms with Crippen LogP contribution in [0.15, 0.2) is 48.8 Å². The maximum absolute atomic E-state index is 12.8. The number of carbonyl (C=O) groups excluding carboxylic acids is 1. The molecule has 3 heterocycles. The van der Waals surface area contributed by atoms with Gasteiger partial charge in [0.1, 0.15) is 5.82 Å². The van der Waals surface area contributed by atoms with Crippen LogP contribution in [0.3, 0.4) is 0 Å². The molecule has 0 radical (unpaired) electrons. The number of H-pyrrole nitrogens is 1. The average molecular weight is 377 g/mol. The number of piperazine rings is 1. The Morgan fingerprint density at radius 3 is 2.82 bits per heavy atom. The fourth-order valence-electron chi connectivity index (χ4n) is 3.77. The summed E-state index contributed by atoms with van der Waals surface area (Å²) in [5.74, 6) is 0.843. The number of aromatic nitrogens is 2. The van der Waals surface area contributed by atoms with Crippen LogP contribution in [-0.4, -0.2) is 64.9 Å². The molecule has 0 saturated carbocycles. The van der Waals surface area contributed by atoms with Crippen LogP contribution in [0.4, 0.5) is 5.82 Å². The third-order valence-electron chi connectivity index (χ3n) is 5.49. The molecule has 4 rings (SSSR count). The van der Waals surface area contributed by atoms with Crippen LogP contribution in [-0.2, 0) is 6.42 Å². The number of amides is 1. The normalized spacial score (nSPS) is 15.1. The molecular formula is C22H27N5O. The number of para-hydroxylation sites is 1. The summed E-state index contributed by atoms with van der Waals surface area (Å²) >= 11 is 0. The molecule has 1 aliphatic heterocycles. The number of hydrogen-bond donors (Lipinski definition) is 2. The van der Waals surface area contributed by atoms with Gasteiger partial charge < -0.3 is 20.1 Å². The Morgan fingerprint density at radius 2 is 2.00 bits per heavy atom. The number of rotatable bonds is 6. The first-order valence-electron chi connectivity index (χ1n) is 10.0. The highest BCUT2D eigenvalue weighted by Gasteiger charge is 2.21. The van der Waals surface area contributed by atoms with Gasteiger partial charge >= 0.3 is 0 Å². The predicted octanol–water partition coefficient (Wildman–Crippen LogP) is 3.00. The highest BCUT2D eigenvalue weighted by atomic mass is 16.2. The smallest absolute Gasteiger partial charge is 0.254 e. The van der Waals surface area contributed by atoms with Crippen molar-refractivity contribution in [3.63, 3.8) is 0 Å². The number of hydrogen-bond acceptors (Lipinski definition) is 4. The van der Waals surface area contributed by atoms with Crippen molar-refractivity contribution in [1.29, 1.82) is 0 Å². The van der Waals surface area contributed by atoms with E-state index in [9.17, 15) is 4.79 Å². The molecule has 0 bridgehead atoms. The molecule has 146 valence electrons. The van der Waals surface area contributed by atoms with Gasteiger partial charge in [-0.3, -0.25) is 4.79 Å². The highest BCUT2D eigenvalue weighted by molar-refractivity contribution is 5.95. The van der Waals surface area contributed by atoms with Crippen molar-refractivity contribution < 1.29 is 4.79 Å². The second-order valence-corrected chi connectivity index (χ2v) is 7.19. The van der Waals surface area contributed by atoms with E-state index in [2.05, 4.69) is 51.5 Å². The molecule has 3 aromatic rings. The van der Waals surface area contributed by atoms with E-state index in [4.69, 9.17) is 0 Å². The van der Waals surface area contributed by atoms with E-state index < -0.39 is 0 Å². The molecular weight excluding hydrogens is 350 g/mol. The third-order valence-corrected chi connectivity index (χ3v) is 5.49. The van der Waals surface area contributed by atoms with Crippen LogP contribution in [0.1, 0.15) is 22.8 Å². The van der Waals surface area contributed by atoms with Gasteiger partial charge in [0.15, 0.2) is 0 Å². The second-order valence-electron chi connectivity index (χ2n) is 7.19. The van der Waals surface area contributed by atoms with Crippen molar-refractivity contribution in [3.8, 4) is 0 Å². The Labute approximate surface area is 165 Å². The van der Waals surface area contributed by atoms with E-state index in [0.29, 0.717) is 5.56 Å². The van der Waals surface area contributed by atoms with E-state index in [1.807, 2.05) is 17.0 Å². The number of pyridine rings is 1. The number of anilines is 1. The molecule has 1 fully saturated rings. The zero-order valence-electron chi connectivity index (χ0n) is 16.3. The van der Waals surface area contributed by atoms with Crippen molar-refractivity contribution >= 4 is 22.6 Å². The average Bonchev–Trinajstić information content (AvgIpc) is 3.17. The fraction of sp³-hybridized carbons (Fsp3) is 0.364. The van der Waals surface area contributed by atoms with Gasteiger partial charge in [0.25, 0.3) is 5.91 Å². The summed E-state index contributed by atoms with van der Waals surface area (Å²) in [5.41, 5.74) is 3.14. The van der Waals surface area contributed by atoms with Crippen molar-refractivity contribution in [3.05, 3.63) is 59.9 Å². The number of aromatic amines is 1. The maximum atomic E-state index is 12.8. The molecule has 0 aliphatic carbocycles. The van der Waals surface area contributed by atoms with Crippen LogP contribution in [0.25, 0.3) is 10.9 Å². The molecule has 1 aliphatic rings. The Morgan fingerprint density at radius 1 is 1.18 bits per heavy atom. The second kappa shape index (κ2) is 8.44. The highest BCUT2D eigenvalue weighted by Crippen LogP contribution is 2.18. The molecule has 6 heteroatoms. The summed E-state index contributed by atoms with van der Waals surface area (Å²) in [7, 11) is 0. The minimum atomic E-state index is 0.0952. The van der Waals surface area contributed by atoms with Gasteiger partial charge in [-0.15, -0.1) is 0 Å². The van der Waals surface area contributed by atoms with Crippen molar-refractivity contribution in [2.24, 2.45) is 0 Å². The maximum Gasteiger partial charge on any atom is 0.254 e. The lowest BCUT2D eigenvalue weighted by atomic mass is 10.1. The molecule has 0 unspecified atom stereocenters. The van der Waals surface area contributed by atoms with Gasteiger partial charge in [0.2, 0.25) is 0 Å². The van der Waals surface area contributed by atoms with Gasteiger partial charge in [0, 0.05) is 61.6 Å². The first-order chi connectivity index (χ1) is 13.7.